The molecule has 0 unspecified atom stereocenters. The molecular formula is C19H19NO3. The topological polar surface area (TPSA) is 46.6 Å². The number of nitrogens with zero attached hydrogens (tertiary/aromatic N) is 1. The van der Waals surface area contributed by atoms with E-state index in [1.807, 2.05) is 54.6 Å². The molecule has 2 aromatic carbocycles. The van der Waals surface area contributed by atoms with Gasteiger partial charge in [-0.05, 0) is 23.3 Å². The molecule has 3 rings (SSSR count). The van der Waals surface area contributed by atoms with Crippen LogP contribution in [0.2, 0.25) is 0 Å². The molecule has 1 fully saturated rings. The molecule has 0 saturated carbocycles. The predicted molar refractivity (Wildman–Crippen MR) is 87.0 cm³/mol. The van der Waals surface area contributed by atoms with Gasteiger partial charge in [0.25, 0.3) is 0 Å². The minimum Gasteiger partial charge on any atom is -0.497 e. The van der Waals surface area contributed by atoms with Crippen molar-refractivity contribution in [2.24, 2.45) is 0 Å². The number of ketones is 1. The van der Waals surface area contributed by atoms with Crippen LogP contribution in [0.1, 0.15) is 30.0 Å². The second-order valence-corrected chi connectivity index (χ2v) is 5.72. The van der Waals surface area contributed by atoms with Crippen LogP contribution in [0.5, 0.6) is 5.75 Å². The minimum absolute atomic E-state index is 0.000508. The molecular weight excluding hydrogens is 290 g/mol. The summed E-state index contributed by atoms with van der Waals surface area (Å²) in [4.78, 5) is 26.1. The van der Waals surface area contributed by atoms with Gasteiger partial charge < -0.3 is 9.64 Å². The number of rotatable bonds is 4. The van der Waals surface area contributed by atoms with Gasteiger partial charge in [0.1, 0.15) is 11.5 Å². The van der Waals surface area contributed by atoms with Gasteiger partial charge in [0, 0.05) is 13.0 Å². The first kappa shape index (κ1) is 15.3. The summed E-state index contributed by atoms with van der Waals surface area (Å²) in [7, 11) is 1.63. The molecule has 23 heavy (non-hydrogen) atoms. The number of amides is 1. The Morgan fingerprint density at radius 3 is 2.39 bits per heavy atom. The van der Waals surface area contributed by atoms with E-state index in [1.165, 1.54) is 0 Å². The zero-order valence-corrected chi connectivity index (χ0v) is 13.1. The van der Waals surface area contributed by atoms with Gasteiger partial charge in [-0.2, -0.15) is 0 Å². The lowest BCUT2D eigenvalue weighted by Gasteiger charge is -2.35. The Morgan fingerprint density at radius 2 is 1.74 bits per heavy atom. The molecule has 1 aliphatic rings. The number of carbonyl (C=O) groups is 2. The average molecular weight is 309 g/mol. The molecule has 4 heteroatoms. The van der Waals surface area contributed by atoms with Gasteiger partial charge in [0.05, 0.1) is 19.6 Å². The van der Waals surface area contributed by atoms with Crippen LogP contribution in [0.25, 0.3) is 0 Å². The lowest BCUT2D eigenvalue weighted by Crippen LogP contribution is -2.41. The number of ether oxygens (including phenoxy) is 1. The number of carbonyl (C=O) groups excluding carboxylic acids is 2. The standard InChI is InChI=1S/C19H19NO3/c1-23-17-9-7-14(8-10-17)13-20-18(11-16(21)12-19(20)22)15-5-3-2-4-6-15/h2-10,18H,11-13H2,1H3/t18-/m0/s1. The van der Waals surface area contributed by atoms with Crippen molar-refractivity contribution in [1.29, 1.82) is 0 Å². The Morgan fingerprint density at radius 1 is 1.04 bits per heavy atom. The molecule has 1 amide bonds. The van der Waals surface area contributed by atoms with Crippen molar-refractivity contribution in [3.8, 4) is 5.75 Å². The Bertz CT molecular complexity index is 694. The zero-order chi connectivity index (χ0) is 16.2. The van der Waals surface area contributed by atoms with Crippen molar-refractivity contribution in [3.05, 3.63) is 65.7 Å². The van der Waals surface area contributed by atoms with Crippen LogP contribution in [-0.4, -0.2) is 23.7 Å². The van der Waals surface area contributed by atoms with Crippen molar-refractivity contribution in [1.82, 2.24) is 4.90 Å². The summed E-state index contributed by atoms with van der Waals surface area (Å²) < 4.78 is 5.16. The SMILES string of the molecule is COc1ccc(CN2C(=O)CC(=O)C[C@H]2c2ccccc2)cc1. The lowest BCUT2D eigenvalue weighted by atomic mass is 9.93. The van der Waals surface area contributed by atoms with E-state index in [0.717, 1.165) is 16.9 Å². The number of methoxy groups -OCH3 is 1. The predicted octanol–water partition coefficient (Wildman–Crippen LogP) is 3.13. The number of hydrogen-bond donors (Lipinski definition) is 0. The van der Waals surface area contributed by atoms with Gasteiger partial charge in [-0.1, -0.05) is 42.5 Å². The highest BCUT2D eigenvalue weighted by Crippen LogP contribution is 2.31. The maximum absolute atomic E-state index is 12.4. The maximum Gasteiger partial charge on any atom is 0.230 e. The molecule has 0 aliphatic carbocycles. The van der Waals surface area contributed by atoms with Crippen molar-refractivity contribution < 1.29 is 14.3 Å². The van der Waals surface area contributed by atoms with E-state index in [1.54, 1.807) is 12.0 Å². The maximum atomic E-state index is 12.4. The molecule has 4 nitrogen and oxygen atoms in total. The van der Waals surface area contributed by atoms with E-state index in [4.69, 9.17) is 4.74 Å². The number of hydrogen-bond acceptors (Lipinski definition) is 3. The molecule has 0 bridgehead atoms. The van der Waals surface area contributed by atoms with E-state index in [2.05, 4.69) is 0 Å². The summed E-state index contributed by atoms with van der Waals surface area (Å²) >= 11 is 0. The highest BCUT2D eigenvalue weighted by molar-refractivity contribution is 6.00. The Hall–Kier alpha value is -2.62. The van der Waals surface area contributed by atoms with Crippen LogP contribution in [0, 0.1) is 0 Å². The molecule has 0 spiro atoms. The Balaban J connectivity index is 1.86. The quantitative estimate of drug-likeness (QED) is 0.815. The average Bonchev–Trinajstić information content (AvgIpc) is 2.58. The molecule has 2 aromatic rings. The molecule has 118 valence electrons. The van der Waals surface area contributed by atoms with E-state index >= 15 is 0 Å². The highest BCUT2D eigenvalue weighted by Gasteiger charge is 2.33. The first-order chi connectivity index (χ1) is 11.2. The van der Waals surface area contributed by atoms with Gasteiger partial charge >= 0.3 is 0 Å². The fourth-order valence-electron chi connectivity index (χ4n) is 2.94. The third-order valence-corrected chi connectivity index (χ3v) is 4.16. The summed E-state index contributed by atoms with van der Waals surface area (Å²) in [5.74, 6) is 0.689. The Labute approximate surface area is 135 Å². The van der Waals surface area contributed by atoms with Crippen LogP contribution in [0.4, 0.5) is 0 Å². The monoisotopic (exact) mass is 309 g/mol. The number of Topliss-reactive ketones (excluding diaryl/α,β-unsaturated/α-hetero) is 1. The van der Waals surface area contributed by atoms with Crippen molar-refractivity contribution in [2.45, 2.75) is 25.4 Å². The van der Waals surface area contributed by atoms with Crippen LogP contribution in [-0.2, 0) is 16.1 Å². The van der Waals surface area contributed by atoms with Crippen LogP contribution in [0.15, 0.2) is 54.6 Å². The molecule has 1 atom stereocenters. The third-order valence-electron chi connectivity index (χ3n) is 4.16. The fourth-order valence-corrected chi connectivity index (χ4v) is 2.94. The number of piperidine rings is 1. The molecule has 1 saturated heterocycles. The van der Waals surface area contributed by atoms with E-state index < -0.39 is 0 Å². The molecule has 1 aliphatic heterocycles. The first-order valence-corrected chi connectivity index (χ1v) is 7.66. The Kier molecular flexibility index (Phi) is 4.42. The highest BCUT2D eigenvalue weighted by atomic mass is 16.5. The van der Waals surface area contributed by atoms with E-state index in [9.17, 15) is 9.59 Å². The van der Waals surface area contributed by atoms with Gasteiger partial charge in [-0.3, -0.25) is 9.59 Å². The summed E-state index contributed by atoms with van der Waals surface area (Å²) in [6, 6.07) is 17.2. The van der Waals surface area contributed by atoms with Crippen LogP contribution >= 0.6 is 0 Å². The lowest BCUT2D eigenvalue weighted by molar-refractivity contribution is -0.143. The third kappa shape index (κ3) is 3.42. The second-order valence-electron chi connectivity index (χ2n) is 5.72. The zero-order valence-electron chi connectivity index (χ0n) is 13.1. The molecule has 0 radical (unpaired) electrons. The minimum atomic E-state index is -0.188. The summed E-state index contributed by atoms with van der Waals surface area (Å²) in [5.41, 5.74) is 2.02. The number of benzene rings is 2. The van der Waals surface area contributed by atoms with Gasteiger partial charge in [0.2, 0.25) is 5.91 Å². The molecule has 1 heterocycles. The van der Waals surface area contributed by atoms with Crippen LogP contribution in [0.3, 0.4) is 0 Å². The van der Waals surface area contributed by atoms with Crippen molar-refractivity contribution in [3.63, 3.8) is 0 Å². The van der Waals surface area contributed by atoms with E-state index in [0.29, 0.717) is 13.0 Å². The fraction of sp³-hybridized carbons (Fsp3) is 0.263. The smallest absolute Gasteiger partial charge is 0.230 e. The largest absolute Gasteiger partial charge is 0.497 e. The summed E-state index contributed by atoms with van der Waals surface area (Å²) in [6.07, 6.45) is 0.380. The van der Waals surface area contributed by atoms with E-state index in [-0.39, 0.29) is 24.2 Å². The summed E-state index contributed by atoms with van der Waals surface area (Å²) in [6.45, 7) is 0.496. The second kappa shape index (κ2) is 6.65. The number of likely N-dealkylation sites (tertiary alicyclic amines) is 1. The van der Waals surface area contributed by atoms with Crippen molar-refractivity contribution in [2.75, 3.05) is 7.11 Å². The molecule has 0 aromatic heterocycles. The van der Waals surface area contributed by atoms with Crippen LogP contribution < -0.4 is 4.74 Å². The van der Waals surface area contributed by atoms with Gasteiger partial charge in [-0.25, -0.2) is 0 Å². The van der Waals surface area contributed by atoms with Gasteiger partial charge in [-0.15, -0.1) is 0 Å². The van der Waals surface area contributed by atoms with Crippen molar-refractivity contribution >= 4 is 11.7 Å². The normalized spacial score (nSPS) is 18.1. The summed E-state index contributed by atoms with van der Waals surface area (Å²) in [5, 5.41) is 0. The first-order valence-electron chi connectivity index (χ1n) is 7.66. The van der Waals surface area contributed by atoms with Gasteiger partial charge in [0.15, 0.2) is 0 Å². The molecule has 0 N–H and O–H groups in total.